The van der Waals surface area contributed by atoms with Gasteiger partial charge in [-0.1, -0.05) is 18.2 Å². The van der Waals surface area contributed by atoms with Crippen LogP contribution in [-0.4, -0.2) is 61.0 Å². The summed E-state index contributed by atoms with van der Waals surface area (Å²) in [5.74, 6) is 1.29. The normalized spacial score (nSPS) is 14.8. The lowest BCUT2D eigenvalue weighted by molar-refractivity contribution is -0.138. The molecule has 2 aromatic carbocycles. The Morgan fingerprint density at radius 2 is 1.75 bits per heavy atom. The van der Waals surface area contributed by atoms with Crippen LogP contribution in [0.5, 0.6) is 11.5 Å². The fraction of sp³-hybridized carbons (Fsp3) is 0.400. The summed E-state index contributed by atoms with van der Waals surface area (Å²) >= 11 is 0. The van der Waals surface area contributed by atoms with Crippen molar-refractivity contribution in [3.8, 4) is 17.6 Å². The monoisotopic (exact) mass is 435 g/mol. The molecule has 1 aliphatic heterocycles. The number of nitriles is 1. The van der Waals surface area contributed by atoms with E-state index in [1.807, 2.05) is 29.2 Å². The van der Waals surface area contributed by atoms with Gasteiger partial charge in [0, 0.05) is 32.6 Å². The molecule has 32 heavy (non-hydrogen) atoms. The van der Waals surface area contributed by atoms with Crippen LogP contribution >= 0.6 is 0 Å². The highest BCUT2D eigenvalue weighted by Crippen LogP contribution is 2.17. The summed E-state index contributed by atoms with van der Waals surface area (Å²) in [5, 5.41) is 9.02. The van der Waals surface area contributed by atoms with Crippen LogP contribution in [0.3, 0.4) is 0 Å². The number of hydrogen-bond acceptors (Lipinski definition) is 5. The lowest BCUT2D eigenvalue weighted by atomic mass is 10.1. The number of methoxy groups -OCH3 is 1. The maximum Gasteiger partial charge on any atom is 0.263 e. The second-order valence-corrected chi connectivity index (χ2v) is 7.81. The summed E-state index contributed by atoms with van der Waals surface area (Å²) in [6.45, 7) is 3.95. The van der Waals surface area contributed by atoms with Gasteiger partial charge in [-0.2, -0.15) is 5.26 Å². The highest BCUT2D eigenvalue weighted by molar-refractivity contribution is 5.81. The third-order valence-electron chi connectivity index (χ3n) is 5.57. The molecule has 3 rings (SSSR count). The van der Waals surface area contributed by atoms with Gasteiger partial charge in [0.05, 0.1) is 18.7 Å². The van der Waals surface area contributed by atoms with E-state index >= 15 is 0 Å². The number of amides is 2. The van der Waals surface area contributed by atoms with E-state index in [1.165, 1.54) is 0 Å². The first-order chi connectivity index (χ1) is 15.5. The smallest absolute Gasteiger partial charge is 0.263 e. The Kier molecular flexibility index (Phi) is 8.09. The van der Waals surface area contributed by atoms with Crippen LogP contribution in [0, 0.1) is 11.3 Å². The number of aryl methyl sites for hydroxylation is 1. The number of ether oxygens (including phenoxy) is 2. The van der Waals surface area contributed by atoms with Crippen LogP contribution < -0.4 is 9.47 Å². The maximum absolute atomic E-state index is 12.9. The summed E-state index contributed by atoms with van der Waals surface area (Å²) in [7, 11) is 1.63. The largest absolute Gasteiger partial charge is 0.497 e. The average molecular weight is 436 g/mol. The molecule has 2 aromatic rings. The molecule has 1 atom stereocenters. The minimum absolute atomic E-state index is 0.104. The van der Waals surface area contributed by atoms with Crippen LogP contribution in [0.25, 0.3) is 0 Å². The van der Waals surface area contributed by atoms with E-state index in [0.717, 1.165) is 17.7 Å². The standard InChI is InChI=1S/C25H29N3O4/c1-19(32-23-6-3-5-21(17-23)18-26)25(30)28-14-4-13-27(15-16-28)24(29)12-9-20-7-10-22(31-2)11-8-20/h3,5-8,10-11,17,19H,4,9,12-16H2,1-2H3. The molecule has 1 fully saturated rings. The topological polar surface area (TPSA) is 82.9 Å². The summed E-state index contributed by atoms with van der Waals surface area (Å²) in [5.41, 5.74) is 1.58. The molecule has 0 aromatic heterocycles. The molecule has 1 saturated heterocycles. The fourth-order valence-corrected chi connectivity index (χ4v) is 3.74. The van der Waals surface area contributed by atoms with Crippen molar-refractivity contribution in [2.24, 2.45) is 0 Å². The summed E-state index contributed by atoms with van der Waals surface area (Å²) < 4.78 is 10.9. The van der Waals surface area contributed by atoms with Gasteiger partial charge < -0.3 is 19.3 Å². The van der Waals surface area contributed by atoms with Crippen molar-refractivity contribution < 1.29 is 19.1 Å². The van der Waals surface area contributed by atoms with Crippen LogP contribution in [0.2, 0.25) is 0 Å². The molecule has 1 heterocycles. The minimum Gasteiger partial charge on any atom is -0.497 e. The number of rotatable bonds is 7. The Balaban J connectivity index is 1.49. The van der Waals surface area contributed by atoms with Crippen LogP contribution in [-0.2, 0) is 16.0 Å². The average Bonchev–Trinajstić information content (AvgIpc) is 3.09. The predicted molar refractivity (Wildman–Crippen MR) is 120 cm³/mol. The van der Waals surface area contributed by atoms with E-state index in [4.69, 9.17) is 14.7 Å². The van der Waals surface area contributed by atoms with Crippen molar-refractivity contribution in [3.05, 3.63) is 59.7 Å². The molecule has 7 nitrogen and oxygen atoms in total. The first-order valence-corrected chi connectivity index (χ1v) is 10.9. The van der Waals surface area contributed by atoms with Crippen LogP contribution in [0.4, 0.5) is 0 Å². The van der Waals surface area contributed by atoms with Crippen LogP contribution in [0.15, 0.2) is 48.5 Å². The van der Waals surface area contributed by atoms with E-state index in [0.29, 0.717) is 50.3 Å². The van der Waals surface area contributed by atoms with Gasteiger partial charge in [-0.25, -0.2) is 0 Å². The molecule has 0 spiro atoms. The van der Waals surface area contributed by atoms with E-state index in [2.05, 4.69) is 6.07 Å². The zero-order valence-corrected chi connectivity index (χ0v) is 18.6. The zero-order valence-electron chi connectivity index (χ0n) is 18.6. The van der Waals surface area contributed by atoms with E-state index < -0.39 is 6.10 Å². The Morgan fingerprint density at radius 1 is 1.03 bits per heavy atom. The first kappa shape index (κ1) is 23.1. The van der Waals surface area contributed by atoms with Gasteiger partial charge in [0.15, 0.2) is 6.10 Å². The van der Waals surface area contributed by atoms with Crippen molar-refractivity contribution in [3.63, 3.8) is 0 Å². The molecule has 1 unspecified atom stereocenters. The molecule has 7 heteroatoms. The Morgan fingerprint density at radius 3 is 2.47 bits per heavy atom. The third-order valence-corrected chi connectivity index (χ3v) is 5.57. The second kappa shape index (κ2) is 11.2. The van der Waals surface area contributed by atoms with E-state index in [9.17, 15) is 9.59 Å². The van der Waals surface area contributed by atoms with Gasteiger partial charge in [0.2, 0.25) is 5.91 Å². The minimum atomic E-state index is -0.665. The number of benzene rings is 2. The van der Waals surface area contributed by atoms with Crippen molar-refractivity contribution in [2.75, 3.05) is 33.3 Å². The van der Waals surface area contributed by atoms with Gasteiger partial charge in [-0.3, -0.25) is 9.59 Å². The van der Waals surface area contributed by atoms with E-state index in [-0.39, 0.29) is 11.8 Å². The molecule has 2 amide bonds. The molecule has 0 radical (unpaired) electrons. The Bertz CT molecular complexity index is 968. The lowest BCUT2D eigenvalue weighted by Crippen LogP contribution is -2.43. The fourth-order valence-electron chi connectivity index (χ4n) is 3.74. The van der Waals surface area contributed by atoms with Crippen molar-refractivity contribution >= 4 is 11.8 Å². The summed E-state index contributed by atoms with van der Waals surface area (Å²) in [6, 6.07) is 16.6. The molecule has 168 valence electrons. The molecule has 0 N–H and O–H groups in total. The molecular weight excluding hydrogens is 406 g/mol. The van der Waals surface area contributed by atoms with Gasteiger partial charge in [-0.05, 0) is 55.7 Å². The number of carbonyl (C=O) groups is 2. The maximum atomic E-state index is 12.9. The predicted octanol–water partition coefficient (Wildman–Crippen LogP) is 3.03. The van der Waals surface area contributed by atoms with Gasteiger partial charge in [0.1, 0.15) is 11.5 Å². The number of hydrogen-bond donors (Lipinski definition) is 0. The van der Waals surface area contributed by atoms with Crippen molar-refractivity contribution in [1.82, 2.24) is 9.80 Å². The van der Waals surface area contributed by atoms with E-state index in [1.54, 1.807) is 43.2 Å². The number of nitrogens with zero attached hydrogens (tertiary/aromatic N) is 3. The number of carbonyl (C=O) groups excluding carboxylic acids is 2. The Labute approximate surface area is 189 Å². The van der Waals surface area contributed by atoms with Crippen LogP contribution in [0.1, 0.15) is 30.9 Å². The first-order valence-electron chi connectivity index (χ1n) is 10.9. The molecule has 1 aliphatic rings. The highest BCUT2D eigenvalue weighted by atomic mass is 16.5. The molecule has 0 aliphatic carbocycles. The molecular formula is C25H29N3O4. The van der Waals surface area contributed by atoms with Gasteiger partial charge in [-0.15, -0.1) is 0 Å². The molecule has 0 saturated carbocycles. The summed E-state index contributed by atoms with van der Waals surface area (Å²) in [4.78, 5) is 29.2. The van der Waals surface area contributed by atoms with Gasteiger partial charge in [0.25, 0.3) is 5.91 Å². The van der Waals surface area contributed by atoms with Crippen molar-refractivity contribution in [2.45, 2.75) is 32.3 Å². The lowest BCUT2D eigenvalue weighted by Gasteiger charge is -2.25. The highest BCUT2D eigenvalue weighted by Gasteiger charge is 2.26. The quantitative estimate of drug-likeness (QED) is 0.668. The van der Waals surface area contributed by atoms with Crippen molar-refractivity contribution in [1.29, 1.82) is 5.26 Å². The Hall–Kier alpha value is -3.53. The molecule has 0 bridgehead atoms. The van der Waals surface area contributed by atoms with Gasteiger partial charge >= 0.3 is 0 Å². The second-order valence-electron chi connectivity index (χ2n) is 7.81. The SMILES string of the molecule is COc1ccc(CCC(=O)N2CCCN(C(=O)C(C)Oc3cccc(C#N)c3)CC2)cc1. The third kappa shape index (κ3) is 6.24. The zero-order chi connectivity index (χ0) is 22.9. The summed E-state index contributed by atoms with van der Waals surface area (Å²) in [6.07, 6.45) is 1.18.